The zero-order chi connectivity index (χ0) is 18.0. The number of benzene rings is 2. The number of halogens is 1. The lowest BCUT2D eigenvalue weighted by atomic mass is 9.94. The third-order valence-corrected chi connectivity index (χ3v) is 5.17. The van der Waals surface area contributed by atoms with Crippen molar-refractivity contribution in [1.82, 2.24) is 0 Å². The lowest BCUT2D eigenvalue weighted by Crippen LogP contribution is -2.28. The molecule has 0 aromatic heterocycles. The van der Waals surface area contributed by atoms with E-state index < -0.39 is 5.41 Å². The lowest BCUT2D eigenvalue weighted by molar-refractivity contribution is -0.118. The van der Waals surface area contributed by atoms with E-state index in [0.717, 1.165) is 42.7 Å². The normalized spacial score (nSPS) is 14.9. The van der Waals surface area contributed by atoms with E-state index in [0.29, 0.717) is 0 Å². The van der Waals surface area contributed by atoms with Gasteiger partial charge in [-0.05, 0) is 75.1 Å². The Morgan fingerprint density at radius 3 is 2.28 bits per heavy atom. The highest BCUT2D eigenvalue weighted by molar-refractivity contribution is 6.02. The van der Waals surface area contributed by atoms with E-state index in [9.17, 15) is 9.18 Å². The van der Waals surface area contributed by atoms with Crippen molar-refractivity contribution in [2.75, 3.05) is 23.3 Å². The summed E-state index contributed by atoms with van der Waals surface area (Å²) < 4.78 is 13.2. The Balaban J connectivity index is 1.78. The summed E-state index contributed by atoms with van der Waals surface area (Å²) in [6.45, 7) is 8.19. The maximum Gasteiger partial charge on any atom is 0.235 e. The van der Waals surface area contributed by atoms with E-state index in [1.807, 2.05) is 19.1 Å². The molecule has 3 nitrogen and oxygen atoms in total. The summed E-state index contributed by atoms with van der Waals surface area (Å²) in [5.41, 5.74) is 3.45. The Morgan fingerprint density at radius 1 is 1.12 bits per heavy atom. The van der Waals surface area contributed by atoms with E-state index in [1.165, 1.54) is 17.8 Å². The van der Waals surface area contributed by atoms with E-state index in [2.05, 4.69) is 30.1 Å². The van der Waals surface area contributed by atoms with Gasteiger partial charge in [0.05, 0.1) is 5.41 Å². The smallest absolute Gasteiger partial charge is 0.235 e. The van der Waals surface area contributed by atoms with Gasteiger partial charge in [-0.2, -0.15) is 0 Å². The number of hydrogen-bond donors (Lipinski definition) is 1. The number of hydrogen-bond acceptors (Lipinski definition) is 2. The van der Waals surface area contributed by atoms with E-state index in [4.69, 9.17) is 0 Å². The van der Waals surface area contributed by atoms with Gasteiger partial charge in [0.15, 0.2) is 0 Å². The average molecular weight is 340 g/mol. The van der Waals surface area contributed by atoms with Crippen LogP contribution in [0.2, 0.25) is 0 Å². The van der Waals surface area contributed by atoms with Crippen LogP contribution in [0.15, 0.2) is 42.5 Å². The number of anilines is 2. The molecule has 0 spiro atoms. The van der Waals surface area contributed by atoms with Gasteiger partial charge in [-0.25, -0.2) is 4.39 Å². The van der Waals surface area contributed by atoms with Gasteiger partial charge in [-0.3, -0.25) is 4.79 Å². The average Bonchev–Trinajstić information content (AvgIpc) is 3.41. The molecular formula is C21H25FN2O. The Morgan fingerprint density at radius 2 is 1.76 bits per heavy atom. The summed E-state index contributed by atoms with van der Waals surface area (Å²) >= 11 is 0. The minimum atomic E-state index is -0.502. The maximum absolute atomic E-state index is 13.2. The van der Waals surface area contributed by atoms with Crippen molar-refractivity contribution in [2.45, 2.75) is 39.0 Å². The molecule has 1 amide bonds. The zero-order valence-electron chi connectivity index (χ0n) is 15.1. The highest BCUT2D eigenvalue weighted by Gasteiger charge is 2.51. The molecule has 3 rings (SSSR count). The van der Waals surface area contributed by atoms with Crippen LogP contribution in [0.5, 0.6) is 0 Å². The van der Waals surface area contributed by atoms with Crippen molar-refractivity contribution in [3.8, 4) is 0 Å². The Bertz CT molecular complexity index is 762. The maximum atomic E-state index is 13.2. The van der Waals surface area contributed by atoms with Crippen molar-refractivity contribution in [3.63, 3.8) is 0 Å². The van der Waals surface area contributed by atoms with Crippen molar-refractivity contribution in [1.29, 1.82) is 0 Å². The van der Waals surface area contributed by atoms with E-state index >= 15 is 0 Å². The predicted molar refractivity (Wildman–Crippen MR) is 101 cm³/mol. The highest BCUT2D eigenvalue weighted by Crippen LogP contribution is 2.49. The van der Waals surface area contributed by atoms with Crippen molar-refractivity contribution >= 4 is 17.3 Å². The molecular weight excluding hydrogens is 315 g/mol. The fourth-order valence-corrected chi connectivity index (χ4v) is 3.36. The van der Waals surface area contributed by atoms with Crippen LogP contribution in [0, 0.1) is 12.7 Å². The molecule has 2 aromatic carbocycles. The molecule has 0 heterocycles. The molecule has 0 unspecified atom stereocenters. The molecule has 1 saturated carbocycles. The summed E-state index contributed by atoms with van der Waals surface area (Å²) in [4.78, 5) is 15.1. The molecule has 1 aliphatic carbocycles. The van der Waals surface area contributed by atoms with Gasteiger partial charge in [0.1, 0.15) is 5.82 Å². The number of nitrogens with one attached hydrogen (secondary N) is 1. The highest BCUT2D eigenvalue weighted by atomic mass is 19.1. The second kappa shape index (κ2) is 6.87. The predicted octanol–water partition coefficient (Wildman–Crippen LogP) is 4.65. The third kappa shape index (κ3) is 3.39. The molecule has 0 radical (unpaired) electrons. The fraction of sp³-hybridized carbons (Fsp3) is 0.381. The molecule has 2 aromatic rings. The second-order valence-electron chi connectivity index (χ2n) is 6.71. The SMILES string of the molecule is CCN(CC)c1ccc(NC(=O)C2(c3ccc(F)cc3)CC2)c(C)c1. The van der Waals surface area contributed by atoms with Gasteiger partial charge < -0.3 is 10.2 Å². The molecule has 0 atom stereocenters. The van der Waals surface area contributed by atoms with Crippen LogP contribution < -0.4 is 10.2 Å². The van der Waals surface area contributed by atoms with Gasteiger partial charge in [0.25, 0.3) is 0 Å². The first-order valence-corrected chi connectivity index (χ1v) is 8.93. The van der Waals surface area contributed by atoms with Crippen LogP contribution in [-0.4, -0.2) is 19.0 Å². The molecule has 4 heteroatoms. The lowest BCUT2D eigenvalue weighted by Gasteiger charge is -2.23. The minimum Gasteiger partial charge on any atom is -0.372 e. The Kier molecular flexibility index (Phi) is 4.80. The summed E-state index contributed by atoms with van der Waals surface area (Å²) in [7, 11) is 0. The number of amides is 1. The number of aryl methyl sites for hydroxylation is 1. The van der Waals surface area contributed by atoms with Crippen LogP contribution in [0.4, 0.5) is 15.8 Å². The largest absolute Gasteiger partial charge is 0.372 e. The summed E-state index contributed by atoms with van der Waals surface area (Å²) in [5.74, 6) is -0.277. The monoisotopic (exact) mass is 340 g/mol. The topological polar surface area (TPSA) is 32.3 Å². The summed E-state index contributed by atoms with van der Waals surface area (Å²) in [5, 5.41) is 3.08. The molecule has 1 fully saturated rings. The van der Waals surface area contributed by atoms with Crippen LogP contribution in [0.1, 0.15) is 37.8 Å². The Labute approximate surface area is 148 Å². The minimum absolute atomic E-state index is 0.00204. The molecule has 132 valence electrons. The fourth-order valence-electron chi connectivity index (χ4n) is 3.36. The van der Waals surface area contributed by atoms with Crippen molar-refractivity contribution in [2.24, 2.45) is 0 Å². The van der Waals surface area contributed by atoms with Crippen molar-refractivity contribution < 1.29 is 9.18 Å². The Hall–Kier alpha value is -2.36. The van der Waals surface area contributed by atoms with Crippen LogP contribution in [0.25, 0.3) is 0 Å². The number of carbonyl (C=O) groups is 1. The van der Waals surface area contributed by atoms with Gasteiger partial charge in [-0.1, -0.05) is 12.1 Å². The first-order chi connectivity index (χ1) is 12.0. The molecule has 0 aliphatic heterocycles. The summed E-state index contributed by atoms with van der Waals surface area (Å²) in [6.07, 6.45) is 1.61. The van der Waals surface area contributed by atoms with E-state index in [-0.39, 0.29) is 11.7 Å². The number of nitrogens with zero attached hydrogens (tertiary/aromatic N) is 1. The second-order valence-corrected chi connectivity index (χ2v) is 6.71. The first-order valence-electron chi connectivity index (χ1n) is 8.93. The third-order valence-electron chi connectivity index (χ3n) is 5.17. The molecule has 0 bridgehead atoms. The van der Waals surface area contributed by atoms with Crippen LogP contribution >= 0.6 is 0 Å². The van der Waals surface area contributed by atoms with Gasteiger partial charge in [0.2, 0.25) is 5.91 Å². The van der Waals surface area contributed by atoms with Crippen LogP contribution in [-0.2, 0) is 10.2 Å². The van der Waals surface area contributed by atoms with Crippen molar-refractivity contribution in [3.05, 3.63) is 59.4 Å². The van der Waals surface area contributed by atoms with E-state index in [1.54, 1.807) is 12.1 Å². The van der Waals surface area contributed by atoms with Crippen LogP contribution in [0.3, 0.4) is 0 Å². The molecule has 1 aliphatic rings. The molecule has 1 N–H and O–H groups in total. The standard InChI is InChI=1S/C21H25FN2O/c1-4-24(5-2)18-10-11-19(15(3)14-18)23-20(25)21(12-13-21)16-6-8-17(22)9-7-16/h6-11,14H,4-5,12-13H2,1-3H3,(H,23,25). The molecule has 0 saturated heterocycles. The van der Waals surface area contributed by atoms with Gasteiger partial charge in [0, 0.05) is 24.5 Å². The van der Waals surface area contributed by atoms with Gasteiger partial charge in [-0.15, -0.1) is 0 Å². The number of carbonyl (C=O) groups excluding carboxylic acids is 1. The zero-order valence-corrected chi connectivity index (χ0v) is 15.1. The number of rotatable bonds is 6. The first kappa shape index (κ1) is 17.5. The quantitative estimate of drug-likeness (QED) is 0.830. The van der Waals surface area contributed by atoms with Gasteiger partial charge >= 0.3 is 0 Å². The summed E-state index contributed by atoms with van der Waals surface area (Å²) in [6, 6.07) is 12.4. The molecule has 25 heavy (non-hydrogen) atoms.